The summed E-state index contributed by atoms with van der Waals surface area (Å²) in [6.07, 6.45) is 0. The first kappa shape index (κ1) is 11.2. The highest BCUT2D eigenvalue weighted by molar-refractivity contribution is 5.74. The summed E-state index contributed by atoms with van der Waals surface area (Å²) in [5, 5.41) is 0. The van der Waals surface area contributed by atoms with Crippen LogP contribution in [0, 0.1) is 0 Å². The van der Waals surface area contributed by atoms with Crippen molar-refractivity contribution in [2.45, 2.75) is 13.2 Å². The smallest absolute Gasteiger partial charge is 0.327 e. The Morgan fingerprint density at radius 3 is 2.80 bits per heavy atom. The summed E-state index contributed by atoms with van der Waals surface area (Å²) in [7, 11) is 0. The molecule has 2 aromatic heterocycles. The van der Waals surface area contributed by atoms with Gasteiger partial charge in [0.2, 0.25) is 0 Å². The zero-order valence-corrected chi connectivity index (χ0v) is 10.3. The zero-order valence-electron chi connectivity index (χ0n) is 10.3. The van der Waals surface area contributed by atoms with E-state index < -0.39 is 11.2 Å². The van der Waals surface area contributed by atoms with E-state index in [-0.39, 0.29) is 11.2 Å². The van der Waals surface area contributed by atoms with Crippen LogP contribution in [0.3, 0.4) is 0 Å². The molecule has 0 radical (unpaired) electrons. The molecule has 0 atom stereocenters. The van der Waals surface area contributed by atoms with Gasteiger partial charge in [-0.3, -0.25) is 14.8 Å². The van der Waals surface area contributed by atoms with Crippen LogP contribution in [0.25, 0.3) is 22.6 Å². The van der Waals surface area contributed by atoms with Gasteiger partial charge in [0, 0.05) is 5.56 Å². The van der Waals surface area contributed by atoms with Gasteiger partial charge in [-0.1, -0.05) is 12.1 Å². The summed E-state index contributed by atoms with van der Waals surface area (Å²) in [5.74, 6) is 0.544. The number of imidazole rings is 1. The molecule has 1 aromatic carbocycles. The zero-order chi connectivity index (χ0) is 13.7. The first-order chi connectivity index (χ1) is 9.70. The maximum absolute atomic E-state index is 11.7. The van der Waals surface area contributed by atoms with Gasteiger partial charge in [0.05, 0.1) is 13.2 Å². The van der Waals surface area contributed by atoms with Crippen LogP contribution in [0.2, 0.25) is 0 Å². The first-order valence-corrected chi connectivity index (χ1v) is 6.13. The highest BCUT2D eigenvalue weighted by atomic mass is 16.5. The molecule has 4 rings (SSSR count). The Morgan fingerprint density at radius 1 is 1.05 bits per heavy atom. The molecule has 0 saturated heterocycles. The molecule has 1 aliphatic rings. The third kappa shape index (κ3) is 1.60. The van der Waals surface area contributed by atoms with Gasteiger partial charge in [-0.15, -0.1) is 0 Å². The number of benzene rings is 1. The Labute approximate surface area is 111 Å². The predicted molar refractivity (Wildman–Crippen MR) is 71.3 cm³/mol. The third-order valence-corrected chi connectivity index (χ3v) is 3.38. The minimum Gasteiger partial charge on any atom is -0.372 e. The molecule has 0 amide bonds. The summed E-state index contributed by atoms with van der Waals surface area (Å²) < 4.78 is 5.37. The van der Waals surface area contributed by atoms with Gasteiger partial charge >= 0.3 is 5.69 Å². The van der Waals surface area contributed by atoms with Crippen molar-refractivity contribution >= 4 is 11.2 Å². The lowest BCUT2D eigenvalue weighted by molar-refractivity contribution is 0.134. The molecule has 100 valence electrons. The van der Waals surface area contributed by atoms with Crippen LogP contribution >= 0.6 is 0 Å². The van der Waals surface area contributed by atoms with Gasteiger partial charge < -0.3 is 9.72 Å². The fraction of sp³-hybridized carbons (Fsp3) is 0.154. The number of rotatable bonds is 1. The molecule has 0 fully saturated rings. The predicted octanol–water partition coefficient (Wildman–Crippen LogP) is 0.637. The molecule has 3 heterocycles. The van der Waals surface area contributed by atoms with E-state index >= 15 is 0 Å². The maximum atomic E-state index is 11.7. The van der Waals surface area contributed by atoms with E-state index in [0.717, 1.165) is 16.7 Å². The maximum Gasteiger partial charge on any atom is 0.327 e. The van der Waals surface area contributed by atoms with Crippen molar-refractivity contribution in [3.05, 3.63) is 50.2 Å². The molecule has 0 spiro atoms. The van der Waals surface area contributed by atoms with Crippen molar-refractivity contribution in [2.75, 3.05) is 0 Å². The Bertz CT molecular complexity index is 935. The molecule has 20 heavy (non-hydrogen) atoms. The SMILES string of the molecule is O=c1[nH]c(=O)c2[nH]c(-c3ccc4c(c3)COC4)nc2[nH]1. The Hall–Kier alpha value is -2.67. The number of aromatic nitrogens is 4. The van der Waals surface area contributed by atoms with Crippen LogP contribution in [-0.4, -0.2) is 19.9 Å². The van der Waals surface area contributed by atoms with E-state index in [2.05, 4.69) is 19.9 Å². The molecule has 3 aromatic rings. The molecule has 1 aliphatic heterocycles. The van der Waals surface area contributed by atoms with E-state index in [4.69, 9.17) is 4.74 Å². The van der Waals surface area contributed by atoms with E-state index in [1.54, 1.807) is 0 Å². The second-order valence-corrected chi connectivity index (χ2v) is 4.69. The Morgan fingerprint density at radius 2 is 1.90 bits per heavy atom. The Kier molecular flexibility index (Phi) is 2.19. The summed E-state index contributed by atoms with van der Waals surface area (Å²) in [4.78, 5) is 34.7. The second kappa shape index (κ2) is 3.91. The molecule has 0 aliphatic carbocycles. The number of H-pyrrole nitrogens is 3. The average molecular weight is 270 g/mol. The number of hydrogen-bond acceptors (Lipinski definition) is 4. The summed E-state index contributed by atoms with van der Waals surface area (Å²) >= 11 is 0. The van der Waals surface area contributed by atoms with Crippen molar-refractivity contribution in [2.24, 2.45) is 0 Å². The number of aromatic amines is 3. The minimum atomic E-state index is -0.567. The first-order valence-electron chi connectivity index (χ1n) is 6.13. The topological polar surface area (TPSA) is 104 Å². The van der Waals surface area contributed by atoms with E-state index in [1.807, 2.05) is 18.2 Å². The van der Waals surface area contributed by atoms with Crippen LogP contribution in [-0.2, 0) is 18.0 Å². The number of nitrogens with one attached hydrogen (secondary N) is 3. The monoisotopic (exact) mass is 270 g/mol. The number of ether oxygens (including phenoxy) is 1. The molecule has 7 heteroatoms. The lowest BCUT2D eigenvalue weighted by atomic mass is 10.1. The van der Waals surface area contributed by atoms with Crippen molar-refractivity contribution in [3.8, 4) is 11.4 Å². The molecule has 3 N–H and O–H groups in total. The summed E-state index contributed by atoms with van der Waals surface area (Å²) in [6.45, 7) is 1.21. The van der Waals surface area contributed by atoms with E-state index in [9.17, 15) is 9.59 Å². The van der Waals surface area contributed by atoms with Gasteiger partial charge in [0.1, 0.15) is 11.3 Å². The van der Waals surface area contributed by atoms with Crippen LogP contribution in [0.1, 0.15) is 11.1 Å². The highest BCUT2D eigenvalue weighted by Crippen LogP contribution is 2.25. The van der Waals surface area contributed by atoms with Crippen molar-refractivity contribution in [1.29, 1.82) is 0 Å². The van der Waals surface area contributed by atoms with Crippen molar-refractivity contribution in [1.82, 2.24) is 19.9 Å². The average Bonchev–Trinajstić information content (AvgIpc) is 3.03. The van der Waals surface area contributed by atoms with Crippen molar-refractivity contribution < 1.29 is 4.74 Å². The van der Waals surface area contributed by atoms with Crippen molar-refractivity contribution in [3.63, 3.8) is 0 Å². The number of fused-ring (bicyclic) bond motifs is 2. The van der Waals surface area contributed by atoms with Gasteiger partial charge in [0.25, 0.3) is 5.56 Å². The third-order valence-electron chi connectivity index (χ3n) is 3.38. The van der Waals surface area contributed by atoms with E-state index in [0.29, 0.717) is 19.0 Å². The highest BCUT2D eigenvalue weighted by Gasteiger charge is 2.14. The van der Waals surface area contributed by atoms with Gasteiger partial charge in [-0.2, -0.15) is 0 Å². The van der Waals surface area contributed by atoms with Crippen LogP contribution in [0.5, 0.6) is 0 Å². The number of hydrogen-bond donors (Lipinski definition) is 3. The molecule has 0 unspecified atom stereocenters. The molecule has 0 bridgehead atoms. The van der Waals surface area contributed by atoms with Crippen LogP contribution in [0.15, 0.2) is 27.8 Å². The summed E-state index contributed by atoms with van der Waals surface area (Å²) in [5.41, 5.74) is 2.60. The van der Waals surface area contributed by atoms with Gasteiger partial charge in [-0.05, 0) is 17.2 Å². The molecular weight excluding hydrogens is 260 g/mol. The van der Waals surface area contributed by atoms with Gasteiger partial charge in [-0.25, -0.2) is 9.78 Å². The molecular formula is C13H10N4O3. The molecule has 7 nitrogen and oxygen atoms in total. The fourth-order valence-corrected chi connectivity index (χ4v) is 2.39. The molecule has 0 saturated carbocycles. The normalized spacial score (nSPS) is 13.8. The van der Waals surface area contributed by atoms with Gasteiger partial charge in [0.15, 0.2) is 5.65 Å². The van der Waals surface area contributed by atoms with E-state index in [1.165, 1.54) is 0 Å². The quantitative estimate of drug-likeness (QED) is 0.603. The Balaban J connectivity index is 1.92. The lowest BCUT2D eigenvalue weighted by Gasteiger charge is -2.00. The lowest BCUT2D eigenvalue weighted by Crippen LogP contribution is -2.21. The minimum absolute atomic E-state index is 0.255. The van der Waals surface area contributed by atoms with Crippen LogP contribution in [0.4, 0.5) is 0 Å². The number of nitrogens with zero attached hydrogens (tertiary/aromatic N) is 1. The summed E-state index contributed by atoms with van der Waals surface area (Å²) in [6, 6.07) is 5.88. The van der Waals surface area contributed by atoms with Crippen LogP contribution < -0.4 is 11.2 Å². The fourth-order valence-electron chi connectivity index (χ4n) is 2.39. The largest absolute Gasteiger partial charge is 0.372 e. The second-order valence-electron chi connectivity index (χ2n) is 4.69. The standard InChI is InChI=1S/C13H10N4O3/c18-12-9-11(16-13(19)17-12)15-10(14-9)6-1-2-7-4-20-5-8(7)3-6/h1-3H,4-5H2,(H3,14,15,16,17,18,19).